The van der Waals surface area contributed by atoms with Crippen LogP contribution >= 0.6 is 0 Å². The Morgan fingerprint density at radius 1 is 0.804 bits per heavy atom. The van der Waals surface area contributed by atoms with Crippen LogP contribution in [0.25, 0.3) is 0 Å². The van der Waals surface area contributed by atoms with Gasteiger partial charge in [0.15, 0.2) is 0 Å². The van der Waals surface area contributed by atoms with Crippen LogP contribution < -0.4 is 9.47 Å². The number of nitrogens with one attached hydrogen (secondary N) is 1. The highest BCUT2D eigenvalue weighted by atomic mass is 16.5. The van der Waals surface area contributed by atoms with Crippen LogP contribution in [-0.4, -0.2) is 72.7 Å². The second-order valence-electron chi connectivity index (χ2n) is 10.9. The largest absolute Gasteiger partial charge is 0.476 e. The lowest BCUT2D eigenvalue weighted by molar-refractivity contribution is 0.0667. The highest BCUT2D eigenvalue weighted by Gasteiger charge is 2.30. The molecular weight excluding hydrogens is 596 g/mol. The number of rotatable bonds is 7. The number of H-pyrrole nitrogens is 1. The number of ether oxygens (including phenoxy) is 2. The first-order valence-corrected chi connectivity index (χ1v) is 14.8. The molecule has 2 fully saturated rings. The topological polar surface area (TPSA) is 217 Å². The molecule has 0 aromatic carbocycles. The fraction of sp³-hybridized carbons (Fsp3) is 0.400. The Bertz CT molecular complexity index is 1840. The molecule has 16 nitrogen and oxygen atoms in total. The first-order chi connectivity index (χ1) is 22.4. The molecule has 0 saturated heterocycles. The van der Waals surface area contributed by atoms with Gasteiger partial charge >= 0.3 is 11.9 Å². The van der Waals surface area contributed by atoms with Gasteiger partial charge in [0.25, 0.3) is 11.8 Å². The third kappa shape index (κ3) is 7.24. The Morgan fingerprint density at radius 3 is 2.37 bits per heavy atom. The van der Waals surface area contributed by atoms with E-state index in [1.807, 2.05) is 0 Å². The van der Waals surface area contributed by atoms with Crippen LogP contribution in [0.5, 0.6) is 23.5 Å². The van der Waals surface area contributed by atoms with Crippen molar-refractivity contribution in [3.63, 3.8) is 0 Å². The number of nitrogens with zero attached hydrogens (tertiary/aromatic N) is 9. The number of aromatic amines is 1. The third-order valence-corrected chi connectivity index (χ3v) is 7.69. The maximum Gasteiger partial charge on any atom is 0.359 e. The predicted octanol–water partition coefficient (Wildman–Crippen LogP) is 3.67. The van der Waals surface area contributed by atoms with Crippen molar-refractivity contribution in [1.82, 2.24) is 50.6 Å². The summed E-state index contributed by atoms with van der Waals surface area (Å²) in [6, 6.07) is 4.37. The van der Waals surface area contributed by atoms with Gasteiger partial charge in [0.05, 0.1) is 6.04 Å². The third-order valence-electron chi connectivity index (χ3n) is 7.69. The zero-order chi connectivity index (χ0) is 31.9. The number of hydrogen-bond acceptors (Lipinski definition) is 12. The minimum atomic E-state index is -1.28. The molecule has 2 aliphatic rings. The average Bonchev–Trinajstić information content (AvgIpc) is 3.72. The molecule has 6 rings (SSSR count). The molecule has 0 spiro atoms. The fourth-order valence-electron chi connectivity index (χ4n) is 5.44. The van der Waals surface area contributed by atoms with Gasteiger partial charge in [0.2, 0.25) is 23.1 Å². The second-order valence-corrected chi connectivity index (χ2v) is 10.9. The summed E-state index contributed by atoms with van der Waals surface area (Å²) in [5, 5.41) is 44.5. The van der Waals surface area contributed by atoms with Crippen LogP contribution in [0.2, 0.25) is 0 Å². The first kappa shape index (κ1) is 30.1. The molecule has 4 aromatic heterocycles. The molecule has 0 bridgehead atoms. The van der Waals surface area contributed by atoms with E-state index in [1.54, 1.807) is 12.1 Å². The number of carbonyl (C=O) groups is 2. The number of aromatic carboxylic acids is 2. The van der Waals surface area contributed by atoms with E-state index in [4.69, 9.17) is 14.6 Å². The molecule has 0 radical (unpaired) electrons. The van der Waals surface area contributed by atoms with Gasteiger partial charge in [-0.25, -0.2) is 29.3 Å². The van der Waals surface area contributed by atoms with Gasteiger partial charge < -0.3 is 19.7 Å². The molecule has 2 aliphatic carbocycles. The monoisotopic (exact) mass is 624 g/mol. The van der Waals surface area contributed by atoms with Crippen LogP contribution in [0.15, 0.2) is 24.5 Å². The zero-order valence-electron chi connectivity index (χ0n) is 24.5. The van der Waals surface area contributed by atoms with Gasteiger partial charge in [-0.05, 0) is 50.0 Å². The standard InChI is InChI=1S/C30H28N10O6/c41-29(42)25-27(36-38-35-25)45-23-14-13-20(33-34-23)11-10-19-7-4-8-22(15-19)40-26(30(43)44)28(37-39-40)46-24-16-21(31-17-32-24)12-9-18-5-2-1-3-6-18/h13-14,16-19,22H,1-8,15H2,(H,41,42)(H,43,44)(H,35,36,38). The maximum absolute atomic E-state index is 12.3. The van der Waals surface area contributed by atoms with Gasteiger partial charge in [-0.15, -0.1) is 10.2 Å². The molecule has 2 atom stereocenters. The van der Waals surface area contributed by atoms with Crippen LogP contribution in [0.4, 0.5) is 0 Å². The van der Waals surface area contributed by atoms with Crippen molar-refractivity contribution in [3.05, 3.63) is 47.3 Å². The minimum absolute atomic E-state index is 0.0238. The maximum atomic E-state index is 12.3. The fourth-order valence-corrected chi connectivity index (χ4v) is 5.44. The summed E-state index contributed by atoms with van der Waals surface area (Å²) in [5.74, 6) is 10.1. The molecule has 3 N–H and O–H groups in total. The molecule has 16 heteroatoms. The van der Waals surface area contributed by atoms with Crippen molar-refractivity contribution in [3.8, 4) is 47.2 Å². The summed E-state index contributed by atoms with van der Waals surface area (Å²) >= 11 is 0. The van der Waals surface area contributed by atoms with Crippen LogP contribution in [0, 0.1) is 35.5 Å². The molecule has 0 amide bonds. The van der Waals surface area contributed by atoms with Crippen molar-refractivity contribution in [2.45, 2.75) is 63.8 Å². The Balaban J connectivity index is 1.11. The van der Waals surface area contributed by atoms with E-state index >= 15 is 0 Å². The van der Waals surface area contributed by atoms with Gasteiger partial charge in [-0.3, -0.25) is 0 Å². The lowest BCUT2D eigenvalue weighted by atomic mass is 9.86. The van der Waals surface area contributed by atoms with E-state index in [0.717, 1.165) is 25.7 Å². The van der Waals surface area contributed by atoms with Crippen molar-refractivity contribution in [2.24, 2.45) is 11.8 Å². The summed E-state index contributed by atoms with van der Waals surface area (Å²) in [4.78, 5) is 31.8. The van der Waals surface area contributed by atoms with Gasteiger partial charge in [-0.1, -0.05) is 58.1 Å². The Labute approximate surface area is 262 Å². The van der Waals surface area contributed by atoms with Crippen molar-refractivity contribution < 1.29 is 29.3 Å². The van der Waals surface area contributed by atoms with E-state index in [0.29, 0.717) is 30.1 Å². The molecule has 234 valence electrons. The highest BCUT2D eigenvalue weighted by Crippen LogP contribution is 2.35. The SMILES string of the molecule is O=C(O)c1[nH]nnc1Oc1ccc(C#CC2CCCC(n3nnc(Oc4cc(C#CC5CCCCC5)ncn4)c3C(=O)O)C2)nn1. The molecular formula is C30H28N10O6. The number of hydrogen-bond donors (Lipinski definition) is 3. The summed E-state index contributed by atoms with van der Waals surface area (Å²) in [6.45, 7) is 0. The summed E-state index contributed by atoms with van der Waals surface area (Å²) in [7, 11) is 0. The van der Waals surface area contributed by atoms with Crippen LogP contribution in [0.1, 0.15) is 96.2 Å². The summed E-state index contributed by atoms with van der Waals surface area (Å²) in [6.07, 6.45) is 9.97. The molecule has 0 aliphatic heterocycles. The molecule has 2 saturated carbocycles. The normalized spacial score (nSPS) is 18.0. The Morgan fingerprint density at radius 2 is 1.59 bits per heavy atom. The van der Waals surface area contributed by atoms with Gasteiger partial charge in [0.1, 0.15) is 17.7 Å². The first-order valence-electron chi connectivity index (χ1n) is 14.8. The molecule has 4 heterocycles. The molecule has 46 heavy (non-hydrogen) atoms. The zero-order valence-corrected chi connectivity index (χ0v) is 24.5. The lowest BCUT2D eigenvalue weighted by Crippen LogP contribution is -2.23. The van der Waals surface area contributed by atoms with Gasteiger partial charge in [-0.2, -0.15) is 0 Å². The van der Waals surface area contributed by atoms with Crippen molar-refractivity contribution in [2.75, 3.05) is 0 Å². The average molecular weight is 625 g/mol. The summed E-state index contributed by atoms with van der Waals surface area (Å²) < 4.78 is 12.5. The number of carboxylic acid groups (broad SMARTS) is 2. The van der Waals surface area contributed by atoms with Gasteiger partial charge in [0, 0.05) is 24.0 Å². The van der Waals surface area contributed by atoms with Crippen molar-refractivity contribution >= 4 is 11.9 Å². The van der Waals surface area contributed by atoms with E-state index in [1.165, 1.54) is 36.3 Å². The second kappa shape index (κ2) is 13.8. The molecule has 4 aromatic rings. The molecule has 2 unspecified atom stereocenters. The Hall–Kier alpha value is -5.90. The summed E-state index contributed by atoms with van der Waals surface area (Å²) in [5.41, 5.74) is 0.380. The van der Waals surface area contributed by atoms with Crippen molar-refractivity contribution in [1.29, 1.82) is 0 Å². The smallest absolute Gasteiger partial charge is 0.359 e. The van der Waals surface area contributed by atoms with E-state index < -0.39 is 11.9 Å². The number of aromatic nitrogens is 10. The van der Waals surface area contributed by atoms with E-state index in [9.17, 15) is 14.7 Å². The van der Waals surface area contributed by atoms with E-state index in [2.05, 4.69) is 69.6 Å². The lowest BCUT2D eigenvalue weighted by Gasteiger charge is -2.26. The van der Waals surface area contributed by atoms with Crippen LogP contribution in [-0.2, 0) is 0 Å². The van der Waals surface area contributed by atoms with E-state index in [-0.39, 0.29) is 46.9 Å². The number of carboxylic acids is 2. The minimum Gasteiger partial charge on any atom is -0.476 e. The Kier molecular flexibility index (Phi) is 9.05. The predicted molar refractivity (Wildman–Crippen MR) is 156 cm³/mol. The van der Waals surface area contributed by atoms with Crippen LogP contribution in [0.3, 0.4) is 0 Å². The quantitative estimate of drug-likeness (QED) is 0.250. The highest BCUT2D eigenvalue weighted by molar-refractivity contribution is 5.88.